The number of aliphatic hydroxyl groups is 1. The molecule has 1 aromatic heterocycles. The van der Waals surface area contributed by atoms with Crippen LogP contribution in [0.3, 0.4) is 0 Å². The fourth-order valence-electron chi connectivity index (χ4n) is 2.29. The number of para-hydroxylation sites is 1. The van der Waals surface area contributed by atoms with E-state index in [4.69, 9.17) is 9.15 Å². The molecule has 0 saturated heterocycles. The number of nitrogens with zero attached hydrogens (tertiary/aromatic N) is 1. The predicted octanol–water partition coefficient (Wildman–Crippen LogP) is 2.20. The fourth-order valence-corrected chi connectivity index (χ4v) is 2.29. The van der Waals surface area contributed by atoms with Gasteiger partial charge in [-0.25, -0.2) is 4.98 Å². The Labute approximate surface area is 105 Å². The third-order valence-electron chi connectivity index (χ3n) is 3.25. The van der Waals surface area contributed by atoms with Crippen molar-refractivity contribution in [2.75, 3.05) is 7.11 Å². The Bertz CT molecular complexity index is 562. The minimum absolute atomic E-state index is 0.309. The smallest absolute Gasteiger partial charge is 0.230 e. The lowest BCUT2D eigenvalue weighted by Crippen LogP contribution is -2.17. The first-order valence-electron chi connectivity index (χ1n) is 6.08. The standard InChI is InChI=1S/C14H15NO3/c1-17-12-5-3-2-4-10(12)14-15-11-7-6-9(16)8-13(11)18-14/h2-5,9,16H,6-8H2,1H3. The van der Waals surface area contributed by atoms with Crippen molar-refractivity contribution in [1.82, 2.24) is 4.98 Å². The molecule has 0 spiro atoms. The van der Waals surface area contributed by atoms with Crippen LogP contribution < -0.4 is 4.74 Å². The summed E-state index contributed by atoms with van der Waals surface area (Å²) < 4.78 is 11.1. The van der Waals surface area contributed by atoms with Crippen LogP contribution in [-0.4, -0.2) is 23.3 Å². The third-order valence-corrected chi connectivity index (χ3v) is 3.25. The molecular formula is C14H15NO3. The molecule has 0 radical (unpaired) electrons. The van der Waals surface area contributed by atoms with Gasteiger partial charge in [-0.05, 0) is 25.0 Å². The molecule has 4 heteroatoms. The monoisotopic (exact) mass is 245 g/mol. The largest absolute Gasteiger partial charge is 0.496 e. The summed E-state index contributed by atoms with van der Waals surface area (Å²) >= 11 is 0. The second kappa shape index (κ2) is 4.46. The molecule has 94 valence electrons. The number of aryl methyl sites for hydroxylation is 1. The Morgan fingerprint density at radius 2 is 2.22 bits per heavy atom. The van der Waals surface area contributed by atoms with Gasteiger partial charge >= 0.3 is 0 Å². The van der Waals surface area contributed by atoms with Crippen LogP contribution in [0, 0.1) is 0 Å². The Balaban J connectivity index is 2.02. The summed E-state index contributed by atoms with van der Waals surface area (Å²) in [7, 11) is 1.63. The highest BCUT2D eigenvalue weighted by Gasteiger charge is 2.23. The summed E-state index contributed by atoms with van der Waals surface area (Å²) in [6.07, 6.45) is 1.77. The molecule has 0 aliphatic heterocycles. The number of methoxy groups -OCH3 is 1. The van der Waals surface area contributed by atoms with Crippen LogP contribution in [0.4, 0.5) is 0 Å². The average molecular weight is 245 g/mol. The molecule has 0 amide bonds. The topological polar surface area (TPSA) is 55.5 Å². The summed E-state index contributed by atoms with van der Waals surface area (Å²) in [6, 6.07) is 7.64. The zero-order valence-corrected chi connectivity index (χ0v) is 10.2. The summed E-state index contributed by atoms with van der Waals surface area (Å²) in [4.78, 5) is 4.51. The summed E-state index contributed by atoms with van der Waals surface area (Å²) in [6.45, 7) is 0. The van der Waals surface area contributed by atoms with Gasteiger partial charge < -0.3 is 14.3 Å². The number of fused-ring (bicyclic) bond motifs is 1. The molecule has 1 aliphatic rings. The Morgan fingerprint density at radius 3 is 3.06 bits per heavy atom. The lowest BCUT2D eigenvalue weighted by Gasteiger charge is -2.13. The van der Waals surface area contributed by atoms with Gasteiger partial charge in [-0.3, -0.25) is 0 Å². The van der Waals surface area contributed by atoms with Crippen LogP contribution in [0.1, 0.15) is 17.9 Å². The molecule has 1 heterocycles. The van der Waals surface area contributed by atoms with E-state index in [9.17, 15) is 5.11 Å². The third kappa shape index (κ3) is 1.88. The number of oxazole rings is 1. The number of rotatable bonds is 2. The molecule has 3 rings (SSSR count). The molecule has 2 aromatic rings. The highest BCUT2D eigenvalue weighted by atomic mass is 16.5. The SMILES string of the molecule is COc1ccccc1-c1nc2c(o1)CC(O)CC2. The molecule has 1 N–H and O–H groups in total. The Kier molecular flexibility index (Phi) is 2.80. The van der Waals surface area contributed by atoms with Crippen molar-refractivity contribution in [3.63, 3.8) is 0 Å². The number of hydrogen-bond acceptors (Lipinski definition) is 4. The number of ether oxygens (including phenoxy) is 1. The molecule has 0 bridgehead atoms. The summed E-state index contributed by atoms with van der Waals surface area (Å²) in [5, 5.41) is 9.62. The number of aliphatic hydroxyl groups excluding tert-OH is 1. The van der Waals surface area contributed by atoms with E-state index in [2.05, 4.69) is 4.98 Å². The minimum Gasteiger partial charge on any atom is -0.496 e. The fraction of sp³-hybridized carbons (Fsp3) is 0.357. The van der Waals surface area contributed by atoms with E-state index in [1.165, 1.54) is 0 Å². The van der Waals surface area contributed by atoms with E-state index in [0.29, 0.717) is 12.3 Å². The van der Waals surface area contributed by atoms with Gasteiger partial charge in [0.2, 0.25) is 5.89 Å². The van der Waals surface area contributed by atoms with Crippen molar-refractivity contribution in [3.8, 4) is 17.2 Å². The Hall–Kier alpha value is -1.81. The van der Waals surface area contributed by atoms with Crippen molar-refractivity contribution in [1.29, 1.82) is 0 Å². The van der Waals surface area contributed by atoms with E-state index < -0.39 is 0 Å². The molecule has 0 fully saturated rings. The van der Waals surface area contributed by atoms with Gasteiger partial charge in [0.15, 0.2) is 0 Å². The quantitative estimate of drug-likeness (QED) is 0.881. The normalized spacial score (nSPS) is 18.4. The second-order valence-electron chi connectivity index (χ2n) is 4.49. The van der Waals surface area contributed by atoms with Crippen molar-refractivity contribution in [3.05, 3.63) is 35.7 Å². The van der Waals surface area contributed by atoms with Crippen molar-refractivity contribution < 1.29 is 14.3 Å². The first-order valence-corrected chi connectivity index (χ1v) is 6.08. The minimum atomic E-state index is -0.309. The highest BCUT2D eigenvalue weighted by Crippen LogP contribution is 2.32. The van der Waals surface area contributed by atoms with Gasteiger partial charge in [0.05, 0.1) is 24.5 Å². The lowest BCUT2D eigenvalue weighted by atomic mass is 9.99. The molecular weight excluding hydrogens is 230 g/mol. The van der Waals surface area contributed by atoms with E-state index in [-0.39, 0.29) is 6.10 Å². The zero-order chi connectivity index (χ0) is 12.5. The van der Waals surface area contributed by atoms with Crippen molar-refractivity contribution in [2.24, 2.45) is 0 Å². The predicted molar refractivity (Wildman–Crippen MR) is 66.5 cm³/mol. The van der Waals surface area contributed by atoms with Crippen LogP contribution in [-0.2, 0) is 12.8 Å². The zero-order valence-electron chi connectivity index (χ0n) is 10.2. The van der Waals surface area contributed by atoms with Gasteiger partial charge in [0.25, 0.3) is 0 Å². The molecule has 1 atom stereocenters. The second-order valence-corrected chi connectivity index (χ2v) is 4.49. The van der Waals surface area contributed by atoms with Crippen molar-refractivity contribution >= 4 is 0 Å². The Morgan fingerprint density at radius 1 is 1.39 bits per heavy atom. The maximum absolute atomic E-state index is 9.62. The maximum Gasteiger partial charge on any atom is 0.230 e. The van der Waals surface area contributed by atoms with Gasteiger partial charge in [-0.1, -0.05) is 12.1 Å². The van der Waals surface area contributed by atoms with Crippen LogP contribution in [0.2, 0.25) is 0 Å². The number of aromatic nitrogens is 1. The van der Waals surface area contributed by atoms with E-state index in [1.807, 2.05) is 24.3 Å². The summed E-state index contributed by atoms with van der Waals surface area (Å²) in [5.74, 6) is 2.12. The first-order chi connectivity index (χ1) is 8.78. The number of hydrogen-bond donors (Lipinski definition) is 1. The van der Waals surface area contributed by atoms with E-state index in [0.717, 1.165) is 35.6 Å². The van der Waals surface area contributed by atoms with Crippen LogP contribution >= 0.6 is 0 Å². The average Bonchev–Trinajstić information content (AvgIpc) is 2.81. The summed E-state index contributed by atoms with van der Waals surface area (Å²) in [5.41, 5.74) is 1.81. The van der Waals surface area contributed by atoms with Gasteiger partial charge in [-0.2, -0.15) is 0 Å². The molecule has 0 saturated carbocycles. The van der Waals surface area contributed by atoms with Gasteiger partial charge in [0, 0.05) is 6.42 Å². The van der Waals surface area contributed by atoms with Crippen LogP contribution in [0.25, 0.3) is 11.5 Å². The van der Waals surface area contributed by atoms with E-state index >= 15 is 0 Å². The van der Waals surface area contributed by atoms with Crippen LogP contribution in [0.15, 0.2) is 28.7 Å². The highest BCUT2D eigenvalue weighted by molar-refractivity contribution is 5.63. The molecule has 1 aromatic carbocycles. The van der Waals surface area contributed by atoms with Crippen LogP contribution in [0.5, 0.6) is 5.75 Å². The molecule has 18 heavy (non-hydrogen) atoms. The first kappa shape index (κ1) is 11.3. The number of benzene rings is 1. The molecule has 1 unspecified atom stereocenters. The molecule has 1 aliphatic carbocycles. The van der Waals surface area contributed by atoms with E-state index in [1.54, 1.807) is 7.11 Å². The maximum atomic E-state index is 9.62. The molecule has 4 nitrogen and oxygen atoms in total. The van der Waals surface area contributed by atoms with Gasteiger partial charge in [-0.15, -0.1) is 0 Å². The lowest BCUT2D eigenvalue weighted by molar-refractivity contribution is 0.150. The van der Waals surface area contributed by atoms with Gasteiger partial charge in [0.1, 0.15) is 11.5 Å². The van der Waals surface area contributed by atoms with Crippen molar-refractivity contribution in [2.45, 2.75) is 25.4 Å².